The molecular formula is C15H19N3O3. The van der Waals surface area contributed by atoms with Crippen LogP contribution in [0.25, 0.3) is 5.57 Å². The van der Waals surface area contributed by atoms with Crippen molar-refractivity contribution >= 4 is 11.7 Å². The van der Waals surface area contributed by atoms with E-state index in [9.17, 15) is 10.1 Å². The number of aromatic nitrogens is 1. The number of hydrogen-bond donors (Lipinski definition) is 0. The van der Waals surface area contributed by atoms with Crippen molar-refractivity contribution < 1.29 is 14.1 Å². The van der Waals surface area contributed by atoms with Gasteiger partial charge in [-0.1, -0.05) is 5.16 Å². The second-order valence-corrected chi connectivity index (χ2v) is 5.93. The Morgan fingerprint density at radius 3 is 2.57 bits per heavy atom. The summed E-state index contributed by atoms with van der Waals surface area (Å²) in [6, 6.07) is 3.84. The third kappa shape index (κ3) is 3.85. The standard InChI is InChI=1S/C15H19N3O3/c1-15(2,3)20-14(19)18-8-5-11(6-9-18)12(10-16)13-4-7-17-21-13/h4,7H,5-6,8-9H2,1-3H3. The average Bonchev–Trinajstić information content (AvgIpc) is 2.92. The number of hydrogen-bond acceptors (Lipinski definition) is 5. The van der Waals surface area contributed by atoms with Crippen LogP contribution in [0.3, 0.4) is 0 Å². The summed E-state index contributed by atoms with van der Waals surface area (Å²) in [5.41, 5.74) is 1.02. The molecule has 0 N–H and O–H groups in total. The van der Waals surface area contributed by atoms with Gasteiger partial charge in [-0.25, -0.2) is 4.79 Å². The molecule has 1 aliphatic rings. The Kier molecular flexibility index (Phi) is 4.32. The molecule has 0 spiro atoms. The number of carbonyl (C=O) groups excluding carboxylic acids is 1. The first-order valence-corrected chi connectivity index (χ1v) is 6.92. The van der Waals surface area contributed by atoms with Gasteiger partial charge in [-0.05, 0) is 39.2 Å². The molecule has 1 fully saturated rings. The first-order chi connectivity index (χ1) is 9.90. The molecule has 21 heavy (non-hydrogen) atoms. The number of nitriles is 1. The summed E-state index contributed by atoms with van der Waals surface area (Å²) in [5, 5.41) is 12.9. The van der Waals surface area contributed by atoms with Crippen LogP contribution < -0.4 is 0 Å². The molecular weight excluding hydrogens is 270 g/mol. The minimum atomic E-state index is -0.495. The van der Waals surface area contributed by atoms with Crippen LogP contribution in [-0.4, -0.2) is 34.8 Å². The van der Waals surface area contributed by atoms with E-state index >= 15 is 0 Å². The van der Waals surface area contributed by atoms with Gasteiger partial charge in [0.2, 0.25) is 0 Å². The number of likely N-dealkylation sites (tertiary alicyclic amines) is 1. The molecule has 1 amide bonds. The van der Waals surface area contributed by atoms with Crippen LogP contribution in [-0.2, 0) is 4.74 Å². The van der Waals surface area contributed by atoms with Crippen molar-refractivity contribution in [2.24, 2.45) is 0 Å². The predicted molar refractivity (Wildman–Crippen MR) is 76.1 cm³/mol. The van der Waals surface area contributed by atoms with Crippen molar-refractivity contribution in [1.82, 2.24) is 10.1 Å². The Morgan fingerprint density at radius 1 is 1.43 bits per heavy atom. The van der Waals surface area contributed by atoms with E-state index in [2.05, 4.69) is 11.2 Å². The minimum absolute atomic E-state index is 0.306. The van der Waals surface area contributed by atoms with Gasteiger partial charge in [-0.2, -0.15) is 5.26 Å². The molecule has 112 valence electrons. The van der Waals surface area contributed by atoms with E-state index in [4.69, 9.17) is 9.26 Å². The third-order valence-corrected chi connectivity index (χ3v) is 3.17. The summed E-state index contributed by atoms with van der Waals surface area (Å²) in [6.45, 7) is 6.63. The summed E-state index contributed by atoms with van der Waals surface area (Å²) < 4.78 is 10.4. The second kappa shape index (κ2) is 6.00. The van der Waals surface area contributed by atoms with Crippen LogP contribution in [0.4, 0.5) is 4.79 Å². The maximum atomic E-state index is 12.0. The van der Waals surface area contributed by atoms with Gasteiger partial charge in [0.15, 0.2) is 5.76 Å². The molecule has 0 bridgehead atoms. The molecule has 0 atom stereocenters. The highest BCUT2D eigenvalue weighted by atomic mass is 16.6. The quantitative estimate of drug-likeness (QED) is 0.742. The molecule has 0 radical (unpaired) electrons. The first-order valence-electron chi connectivity index (χ1n) is 6.92. The van der Waals surface area contributed by atoms with E-state index in [1.807, 2.05) is 20.8 Å². The van der Waals surface area contributed by atoms with E-state index in [1.165, 1.54) is 6.20 Å². The average molecular weight is 289 g/mol. The number of ether oxygens (including phenoxy) is 1. The van der Waals surface area contributed by atoms with Crippen molar-refractivity contribution in [3.05, 3.63) is 23.6 Å². The molecule has 6 heteroatoms. The lowest BCUT2D eigenvalue weighted by Crippen LogP contribution is -2.40. The first kappa shape index (κ1) is 15.1. The Balaban J connectivity index is 2.03. The van der Waals surface area contributed by atoms with E-state index in [0.29, 0.717) is 37.3 Å². The lowest BCUT2D eigenvalue weighted by Gasteiger charge is -2.31. The van der Waals surface area contributed by atoms with Crippen molar-refractivity contribution in [1.29, 1.82) is 5.26 Å². The van der Waals surface area contributed by atoms with Crippen LogP contribution in [0, 0.1) is 11.3 Å². The van der Waals surface area contributed by atoms with Gasteiger partial charge in [0.05, 0.1) is 11.8 Å². The molecule has 0 aliphatic carbocycles. The lowest BCUT2D eigenvalue weighted by atomic mass is 9.97. The Morgan fingerprint density at radius 2 is 2.10 bits per heavy atom. The van der Waals surface area contributed by atoms with E-state index in [-0.39, 0.29) is 6.09 Å². The van der Waals surface area contributed by atoms with Gasteiger partial charge in [0.25, 0.3) is 0 Å². The topological polar surface area (TPSA) is 79.4 Å². The zero-order valence-electron chi connectivity index (χ0n) is 12.5. The molecule has 6 nitrogen and oxygen atoms in total. The smallest absolute Gasteiger partial charge is 0.410 e. The van der Waals surface area contributed by atoms with Crippen molar-refractivity contribution in [2.45, 2.75) is 39.2 Å². The fourth-order valence-electron chi connectivity index (χ4n) is 2.19. The number of rotatable bonds is 1. The molecule has 2 heterocycles. The largest absolute Gasteiger partial charge is 0.444 e. The highest BCUT2D eigenvalue weighted by Crippen LogP contribution is 2.26. The molecule has 2 rings (SSSR count). The zero-order chi connectivity index (χ0) is 15.5. The fourth-order valence-corrected chi connectivity index (χ4v) is 2.19. The second-order valence-electron chi connectivity index (χ2n) is 5.93. The van der Waals surface area contributed by atoms with E-state index in [1.54, 1.807) is 11.0 Å². The molecule has 0 unspecified atom stereocenters. The molecule has 1 saturated heterocycles. The molecule has 1 aromatic heterocycles. The minimum Gasteiger partial charge on any atom is -0.444 e. The lowest BCUT2D eigenvalue weighted by molar-refractivity contribution is 0.0236. The third-order valence-electron chi connectivity index (χ3n) is 3.17. The molecule has 1 aliphatic heterocycles. The number of carbonyl (C=O) groups is 1. The number of allylic oxidation sites excluding steroid dienone is 1. The molecule has 0 saturated carbocycles. The fraction of sp³-hybridized carbons (Fsp3) is 0.533. The SMILES string of the molecule is CC(C)(C)OC(=O)N1CCC(=C(C#N)c2ccno2)CC1. The van der Waals surface area contributed by atoms with Crippen LogP contribution in [0.2, 0.25) is 0 Å². The maximum Gasteiger partial charge on any atom is 0.410 e. The van der Waals surface area contributed by atoms with E-state index in [0.717, 1.165) is 5.57 Å². The number of amides is 1. The molecule has 1 aromatic rings. The van der Waals surface area contributed by atoms with Gasteiger partial charge in [0, 0.05) is 19.2 Å². The Hall–Kier alpha value is -2.29. The van der Waals surface area contributed by atoms with Gasteiger partial charge >= 0.3 is 6.09 Å². The summed E-state index contributed by atoms with van der Waals surface area (Å²) in [4.78, 5) is 13.7. The zero-order valence-corrected chi connectivity index (χ0v) is 12.5. The monoisotopic (exact) mass is 289 g/mol. The van der Waals surface area contributed by atoms with Crippen molar-refractivity contribution in [3.8, 4) is 6.07 Å². The van der Waals surface area contributed by atoms with Crippen LogP contribution in [0.5, 0.6) is 0 Å². The Bertz CT molecular complexity index is 566. The number of nitrogens with zero attached hydrogens (tertiary/aromatic N) is 3. The predicted octanol–water partition coefficient (Wildman–Crippen LogP) is 2.98. The molecule has 0 aromatic carbocycles. The van der Waals surface area contributed by atoms with Crippen LogP contribution >= 0.6 is 0 Å². The van der Waals surface area contributed by atoms with Crippen molar-refractivity contribution in [3.63, 3.8) is 0 Å². The van der Waals surface area contributed by atoms with Gasteiger partial charge in [0.1, 0.15) is 11.7 Å². The highest BCUT2D eigenvalue weighted by molar-refractivity contribution is 5.77. The Labute approximate surface area is 124 Å². The van der Waals surface area contributed by atoms with Gasteiger partial charge in [-0.3, -0.25) is 0 Å². The van der Waals surface area contributed by atoms with Crippen molar-refractivity contribution in [2.75, 3.05) is 13.1 Å². The summed E-state index contributed by atoms with van der Waals surface area (Å²) in [6.07, 6.45) is 2.49. The van der Waals surface area contributed by atoms with Gasteiger partial charge < -0.3 is 14.2 Å². The van der Waals surface area contributed by atoms with Crippen LogP contribution in [0.15, 0.2) is 22.4 Å². The summed E-state index contributed by atoms with van der Waals surface area (Å²) >= 11 is 0. The number of piperidine rings is 1. The highest BCUT2D eigenvalue weighted by Gasteiger charge is 2.26. The summed E-state index contributed by atoms with van der Waals surface area (Å²) in [7, 11) is 0. The maximum absolute atomic E-state index is 12.0. The summed E-state index contributed by atoms with van der Waals surface area (Å²) in [5.74, 6) is 0.484. The normalized spacial score (nSPS) is 15.5. The van der Waals surface area contributed by atoms with Crippen LogP contribution in [0.1, 0.15) is 39.4 Å². The van der Waals surface area contributed by atoms with E-state index < -0.39 is 5.60 Å². The van der Waals surface area contributed by atoms with Gasteiger partial charge in [-0.15, -0.1) is 0 Å².